The number of benzene rings is 1. The van der Waals surface area contributed by atoms with Crippen molar-refractivity contribution in [3.63, 3.8) is 0 Å². The van der Waals surface area contributed by atoms with Crippen LogP contribution in [-0.4, -0.2) is 34.3 Å². The maximum Gasteiger partial charge on any atom is 0.300 e. The minimum atomic E-state index is -3.01. The summed E-state index contributed by atoms with van der Waals surface area (Å²) in [7, 11) is 0. The molecule has 1 amide bonds. The molecule has 2 aromatic rings. The van der Waals surface area contributed by atoms with Crippen LogP contribution >= 0.6 is 11.6 Å². The van der Waals surface area contributed by atoms with Gasteiger partial charge in [0.25, 0.3) is 5.91 Å². The van der Waals surface area contributed by atoms with E-state index in [9.17, 15) is 13.6 Å². The number of carbonyl (C=O) groups excluding carboxylic acids is 1. The minimum Gasteiger partial charge on any atom is -0.471 e. The molecular weight excluding hydrogens is 340 g/mol. The molecule has 0 unspecified atom stereocenters. The van der Waals surface area contributed by atoms with E-state index in [1.165, 1.54) is 0 Å². The van der Waals surface area contributed by atoms with Crippen molar-refractivity contribution in [1.82, 2.24) is 15.1 Å². The lowest BCUT2D eigenvalue weighted by atomic mass is 10.1. The molecule has 0 bridgehead atoms. The second-order valence-corrected chi connectivity index (χ2v) is 6.52. The van der Waals surface area contributed by atoms with Crippen LogP contribution in [-0.2, 0) is 6.54 Å². The van der Waals surface area contributed by atoms with Gasteiger partial charge in [0.05, 0.1) is 5.56 Å². The van der Waals surface area contributed by atoms with E-state index in [1.807, 2.05) is 0 Å². The zero-order valence-corrected chi connectivity index (χ0v) is 13.3. The fourth-order valence-corrected chi connectivity index (χ4v) is 2.78. The van der Waals surface area contributed by atoms with Gasteiger partial charge in [-0.2, -0.15) is 5.10 Å². The summed E-state index contributed by atoms with van der Waals surface area (Å²) in [4.78, 5) is 12.5. The zero-order chi connectivity index (χ0) is 16.9. The molecule has 2 aliphatic rings. The quantitative estimate of drug-likeness (QED) is 0.922. The molecule has 5 nitrogen and oxygen atoms in total. The molecule has 1 aliphatic heterocycles. The van der Waals surface area contributed by atoms with Crippen LogP contribution < -0.4 is 10.1 Å². The zero-order valence-electron chi connectivity index (χ0n) is 12.6. The molecule has 24 heavy (non-hydrogen) atoms. The van der Waals surface area contributed by atoms with E-state index in [1.54, 1.807) is 24.3 Å². The molecule has 0 saturated heterocycles. The number of aromatic nitrogens is 2. The predicted molar refractivity (Wildman–Crippen MR) is 83.6 cm³/mol. The molecule has 1 saturated carbocycles. The van der Waals surface area contributed by atoms with Crippen molar-refractivity contribution < 1.29 is 18.3 Å². The largest absolute Gasteiger partial charge is 0.471 e. The van der Waals surface area contributed by atoms with Gasteiger partial charge in [-0.25, -0.2) is 13.5 Å². The number of alkyl halides is 2. The Hall–Kier alpha value is -2.15. The van der Waals surface area contributed by atoms with Crippen LogP contribution in [0.4, 0.5) is 8.78 Å². The Morgan fingerprint density at radius 2 is 2.04 bits per heavy atom. The van der Waals surface area contributed by atoms with Crippen molar-refractivity contribution in [2.75, 3.05) is 6.61 Å². The number of hydrogen-bond donors (Lipinski definition) is 1. The first kappa shape index (κ1) is 15.4. The van der Waals surface area contributed by atoms with Gasteiger partial charge in [-0.1, -0.05) is 23.7 Å². The Morgan fingerprint density at radius 3 is 2.71 bits per heavy atom. The highest BCUT2D eigenvalue weighted by Gasteiger charge is 2.40. The van der Waals surface area contributed by atoms with Crippen molar-refractivity contribution in [3.05, 3.63) is 35.0 Å². The third-order valence-electron chi connectivity index (χ3n) is 3.97. The maximum absolute atomic E-state index is 13.6. The second-order valence-electron chi connectivity index (χ2n) is 6.09. The second kappa shape index (κ2) is 5.44. The number of rotatable bonds is 3. The lowest BCUT2D eigenvalue weighted by Crippen LogP contribution is -2.36. The number of nitrogens with zero attached hydrogens (tertiary/aromatic N) is 2. The van der Waals surface area contributed by atoms with Crippen LogP contribution in [0.15, 0.2) is 24.3 Å². The summed E-state index contributed by atoms with van der Waals surface area (Å²) in [5.41, 5.74) is 1.16. The van der Waals surface area contributed by atoms with Gasteiger partial charge in [0.1, 0.15) is 6.54 Å². The number of hydrogen-bond acceptors (Lipinski definition) is 3. The van der Waals surface area contributed by atoms with Crippen LogP contribution in [0.5, 0.6) is 5.88 Å². The van der Waals surface area contributed by atoms with Gasteiger partial charge in [0.2, 0.25) is 5.88 Å². The monoisotopic (exact) mass is 353 g/mol. The topological polar surface area (TPSA) is 56.2 Å². The standard InChI is InChI=1S/C16H14ClF2N3O2/c17-10-3-1-9(2-4-10)12-13(14(23)20-11-5-6-11)21-22-7-16(18,19)8-24-15(12)22/h1-4,11H,5-8H2,(H,20,23). The molecule has 1 aliphatic carbocycles. The highest BCUT2D eigenvalue weighted by molar-refractivity contribution is 6.30. The van der Waals surface area contributed by atoms with Crippen molar-refractivity contribution >= 4 is 17.5 Å². The summed E-state index contributed by atoms with van der Waals surface area (Å²) in [5.74, 6) is -3.21. The highest BCUT2D eigenvalue weighted by atomic mass is 35.5. The molecule has 8 heteroatoms. The van der Waals surface area contributed by atoms with Crippen molar-refractivity contribution in [2.45, 2.75) is 31.4 Å². The van der Waals surface area contributed by atoms with E-state index in [4.69, 9.17) is 16.3 Å². The molecule has 1 aromatic heterocycles. The van der Waals surface area contributed by atoms with E-state index in [0.717, 1.165) is 17.5 Å². The van der Waals surface area contributed by atoms with E-state index in [-0.39, 0.29) is 23.5 Å². The summed E-state index contributed by atoms with van der Waals surface area (Å²) in [6.07, 6.45) is 1.84. The first-order chi connectivity index (χ1) is 11.4. The minimum absolute atomic E-state index is 0.0944. The van der Waals surface area contributed by atoms with Gasteiger partial charge in [-0.05, 0) is 30.5 Å². The normalized spacial score (nSPS) is 18.6. The number of nitrogens with one attached hydrogen (secondary N) is 1. The highest BCUT2D eigenvalue weighted by Crippen LogP contribution is 2.39. The van der Waals surface area contributed by atoms with Gasteiger partial charge in [-0.3, -0.25) is 4.79 Å². The van der Waals surface area contributed by atoms with Gasteiger partial charge < -0.3 is 10.1 Å². The maximum atomic E-state index is 13.6. The van der Waals surface area contributed by atoms with Gasteiger partial charge in [0, 0.05) is 11.1 Å². The van der Waals surface area contributed by atoms with Gasteiger partial charge >= 0.3 is 5.92 Å². The van der Waals surface area contributed by atoms with E-state index in [0.29, 0.717) is 16.1 Å². The summed E-state index contributed by atoms with van der Waals surface area (Å²) in [5, 5.41) is 7.47. The Morgan fingerprint density at radius 1 is 1.33 bits per heavy atom. The van der Waals surface area contributed by atoms with Crippen molar-refractivity contribution in [3.8, 4) is 17.0 Å². The summed E-state index contributed by atoms with van der Waals surface area (Å²) < 4.78 is 33.5. The average Bonchev–Trinajstić information content (AvgIpc) is 3.26. The van der Waals surface area contributed by atoms with E-state index in [2.05, 4.69) is 10.4 Å². The summed E-state index contributed by atoms with van der Waals surface area (Å²) >= 11 is 5.90. The Balaban J connectivity index is 1.80. The SMILES string of the molecule is O=C(NC1CC1)c1nn2c(c1-c1ccc(Cl)cc1)OCC(F)(F)C2. The number of ether oxygens (including phenoxy) is 1. The van der Waals surface area contributed by atoms with E-state index < -0.39 is 19.1 Å². The lowest BCUT2D eigenvalue weighted by molar-refractivity contribution is -0.0793. The Labute approximate surface area is 141 Å². The van der Waals surface area contributed by atoms with Crippen LogP contribution in [0.25, 0.3) is 11.1 Å². The Bertz CT molecular complexity index is 800. The molecular formula is C16H14ClF2N3O2. The van der Waals surface area contributed by atoms with Crippen molar-refractivity contribution in [1.29, 1.82) is 0 Å². The van der Waals surface area contributed by atoms with E-state index >= 15 is 0 Å². The molecule has 1 fully saturated rings. The fourth-order valence-electron chi connectivity index (χ4n) is 2.66. The van der Waals surface area contributed by atoms with Crippen LogP contribution in [0.2, 0.25) is 5.02 Å². The molecule has 0 spiro atoms. The van der Waals surface area contributed by atoms with Crippen LogP contribution in [0, 0.1) is 0 Å². The first-order valence-corrected chi connectivity index (χ1v) is 7.99. The van der Waals surface area contributed by atoms with Crippen molar-refractivity contribution in [2.24, 2.45) is 0 Å². The summed E-state index contributed by atoms with van der Waals surface area (Å²) in [6.45, 7) is -1.34. The molecule has 126 valence electrons. The molecule has 0 radical (unpaired) electrons. The van der Waals surface area contributed by atoms with Gasteiger partial charge in [-0.15, -0.1) is 0 Å². The number of fused-ring (bicyclic) bond motifs is 1. The third kappa shape index (κ3) is 2.84. The third-order valence-corrected chi connectivity index (χ3v) is 4.22. The number of halogens is 3. The van der Waals surface area contributed by atoms with Crippen LogP contribution in [0.1, 0.15) is 23.3 Å². The smallest absolute Gasteiger partial charge is 0.300 e. The number of carbonyl (C=O) groups is 1. The Kier molecular flexibility index (Phi) is 3.49. The average molecular weight is 354 g/mol. The molecule has 2 heterocycles. The summed E-state index contributed by atoms with van der Waals surface area (Å²) in [6, 6.07) is 6.90. The van der Waals surface area contributed by atoms with Gasteiger partial charge in [0.15, 0.2) is 12.3 Å². The predicted octanol–water partition coefficient (Wildman–Crippen LogP) is 3.12. The molecule has 1 aromatic carbocycles. The molecule has 0 atom stereocenters. The first-order valence-electron chi connectivity index (χ1n) is 7.61. The molecule has 1 N–H and O–H groups in total. The number of amides is 1. The fraction of sp³-hybridized carbons (Fsp3) is 0.375. The van der Waals surface area contributed by atoms with Crippen LogP contribution in [0.3, 0.4) is 0 Å². The molecule has 4 rings (SSSR count). The lowest BCUT2D eigenvalue weighted by Gasteiger charge is -2.24.